The van der Waals surface area contributed by atoms with E-state index in [9.17, 15) is 0 Å². The van der Waals surface area contributed by atoms with E-state index in [0.717, 1.165) is 72.2 Å². The van der Waals surface area contributed by atoms with Crippen molar-refractivity contribution in [1.82, 2.24) is 29.9 Å². The van der Waals surface area contributed by atoms with Gasteiger partial charge in [-0.3, -0.25) is 4.57 Å². The number of benzene rings is 1. The van der Waals surface area contributed by atoms with Gasteiger partial charge < -0.3 is 14.2 Å². The van der Waals surface area contributed by atoms with E-state index in [0.29, 0.717) is 17.5 Å². The van der Waals surface area contributed by atoms with Gasteiger partial charge >= 0.3 is 0 Å². The van der Waals surface area contributed by atoms with Crippen LogP contribution in [0.4, 0.5) is 0 Å². The zero-order chi connectivity index (χ0) is 19.9. The molecule has 1 N–H and O–H groups in total. The van der Waals surface area contributed by atoms with Crippen molar-refractivity contribution in [2.75, 3.05) is 6.61 Å². The van der Waals surface area contributed by atoms with Crippen LogP contribution >= 0.6 is 11.8 Å². The molecule has 2 aliphatic rings. The Morgan fingerprint density at radius 1 is 1.17 bits per heavy atom. The maximum atomic E-state index is 5.91. The van der Waals surface area contributed by atoms with Gasteiger partial charge in [-0.1, -0.05) is 35.1 Å². The molecule has 1 aliphatic heterocycles. The third kappa shape index (κ3) is 3.41. The van der Waals surface area contributed by atoms with Gasteiger partial charge in [-0.2, -0.15) is 4.98 Å². The molecule has 6 rings (SSSR count). The second-order valence-corrected chi connectivity index (χ2v) is 8.85. The van der Waals surface area contributed by atoms with Crippen molar-refractivity contribution in [3.63, 3.8) is 0 Å². The highest BCUT2D eigenvalue weighted by molar-refractivity contribution is 7.98. The smallest absolute Gasteiger partial charge is 0.229 e. The first-order chi connectivity index (χ1) is 14.8. The molecule has 1 unspecified atom stereocenters. The predicted molar refractivity (Wildman–Crippen MR) is 112 cm³/mol. The first kappa shape index (κ1) is 18.1. The summed E-state index contributed by atoms with van der Waals surface area (Å²) in [7, 11) is 0. The van der Waals surface area contributed by atoms with E-state index in [4.69, 9.17) is 9.26 Å². The van der Waals surface area contributed by atoms with Crippen LogP contribution in [-0.4, -0.2) is 42.6 Å². The molecule has 0 spiro atoms. The molecule has 0 bridgehead atoms. The minimum atomic E-state index is 0.191. The van der Waals surface area contributed by atoms with Crippen molar-refractivity contribution < 1.29 is 9.26 Å². The summed E-state index contributed by atoms with van der Waals surface area (Å²) in [5, 5.41) is 15.2. The molecule has 1 atom stereocenters. The van der Waals surface area contributed by atoms with Gasteiger partial charge in [0.15, 0.2) is 16.8 Å². The Labute approximate surface area is 177 Å². The lowest BCUT2D eigenvalue weighted by atomic mass is 10.1. The molecule has 8 nitrogen and oxygen atoms in total. The molecule has 2 fully saturated rings. The number of para-hydroxylation sites is 1. The van der Waals surface area contributed by atoms with Gasteiger partial charge in [-0.15, -0.1) is 10.2 Å². The van der Waals surface area contributed by atoms with Crippen molar-refractivity contribution in [3.8, 4) is 11.4 Å². The Morgan fingerprint density at radius 2 is 2.10 bits per heavy atom. The van der Waals surface area contributed by atoms with Gasteiger partial charge in [-0.25, -0.2) is 0 Å². The number of aromatic amines is 1. The molecule has 1 saturated heterocycles. The van der Waals surface area contributed by atoms with Crippen molar-refractivity contribution >= 4 is 22.7 Å². The number of aromatic nitrogens is 6. The third-order valence-electron chi connectivity index (χ3n) is 5.70. The lowest BCUT2D eigenvalue weighted by molar-refractivity contribution is 0.0953. The van der Waals surface area contributed by atoms with E-state index in [-0.39, 0.29) is 6.10 Å². The molecule has 0 amide bonds. The van der Waals surface area contributed by atoms with E-state index >= 15 is 0 Å². The Hall–Kier alpha value is -2.65. The van der Waals surface area contributed by atoms with Crippen molar-refractivity contribution in [2.45, 2.75) is 55.2 Å². The summed E-state index contributed by atoms with van der Waals surface area (Å²) < 4.78 is 13.5. The van der Waals surface area contributed by atoms with Crippen LogP contribution in [0.1, 0.15) is 43.3 Å². The number of nitrogens with zero attached hydrogens (tertiary/aromatic N) is 5. The third-order valence-corrected chi connectivity index (χ3v) is 6.66. The fraction of sp³-hybridized carbons (Fsp3) is 0.429. The van der Waals surface area contributed by atoms with Gasteiger partial charge in [0.05, 0.1) is 18.4 Å². The Bertz CT molecular complexity index is 1170. The number of thioether (sulfide) groups is 1. The highest BCUT2D eigenvalue weighted by Crippen LogP contribution is 2.39. The van der Waals surface area contributed by atoms with Crippen LogP contribution in [-0.2, 0) is 17.0 Å². The Balaban J connectivity index is 1.31. The number of nitrogens with one attached hydrogen (secondary N) is 1. The molecule has 1 saturated carbocycles. The molecule has 1 aliphatic carbocycles. The monoisotopic (exact) mass is 422 g/mol. The summed E-state index contributed by atoms with van der Waals surface area (Å²) >= 11 is 1.59. The van der Waals surface area contributed by atoms with Crippen LogP contribution < -0.4 is 0 Å². The fourth-order valence-corrected chi connectivity index (χ4v) is 4.75. The molecule has 0 radical (unpaired) electrons. The number of hydrogen-bond acceptors (Lipinski definition) is 7. The molecule has 4 heterocycles. The molecular formula is C21H22N6O2S. The van der Waals surface area contributed by atoms with Crippen LogP contribution in [0, 0.1) is 0 Å². The van der Waals surface area contributed by atoms with E-state index in [2.05, 4.69) is 42.0 Å². The summed E-state index contributed by atoms with van der Waals surface area (Å²) in [5.74, 6) is 3.41. The molecule has 9 heteroatoms. The number of fused-ring (bicyclic) bond motifs is 1. The minimum absolute atomic E-state index is 0.191. The second-order valence-electron chi connectivity index (χ2n) is 7.91. The van der Waals surface area contributed by atoms with E-state index in [1.165, 1.54) is 0 Å². The summed E-state index contributed by atoms with van der Waals surface area (Å²) in [4.78, 5) is 7.87. The quantitative estimate of drug-likeness (QED) is 0.447. The Morgan fingerprint density at radius 3 is 2.97 bits per heavy atom. The predicted octanol–water partition coefficient (Wildman–Crippen LogP) is 4.16. The van der Waals surface area contributed by atoms with Crippen molar-refractivity contribution in [3.05, 3.63) is 42.2 Å². The SMILES string of the molecule is c1ccc2c(-c3nnc(SCc4noc(C5CC5)n4)n3CC3CCCO3)c[nH]c2c1. The van der Waals surface area contributed by atoms with Crippen LogP contribution in [0.15, 0.2) is 40.1 Å². The topological polar surface area (TPSA) is 94.7 Å². The van der Waals surface area contributed by atoms with E-state index in [1.807, 2.05) is 18.3 Å². The molecule has 3 aromatic heterocycles. The molecular weight excluding hydrogens is 400 g/mol. The molecule has 1 aromatic carbocycles. The molecule has 4 aromatic rings. The van der Waals surface area contributed by atoms with Gasteiger partial charge in [-0.05, 0) is 31.7 Å². The van der Waals surface area contributed by atoms with Crippen LogP contribution in [0.25, 0.3) is 22.3 Å². The first-order valence-corrected chi connectivity index (χ1v) is 11.4. The normalized spacial score (nSPS) is 19.1. The fourth-order valence-electron chi connectivity index (χ4n) is 3.96. The van der Waals surface area contributed by atoms with Gasteiger partial charge in [0, 0.05) is 35.2 Å². The standard InChI is InChI=1S/C21H22N6O2S/c1-2-6-17-15(5-1)16(10-22-17)19-24-25-21(27(19)11-14-4-3-9-28-14)30-12-18-23-20(29-26-18)13-7-8-13/h1-2,5-6,10,13-14,22H,3-4,7-9,11-12H2. The number of rotatable bonds is 7. The van der Waals surface area contributed by atoms with Gasteiger partial charge in [0.1, 0.15) is 0 Å². The van der Waals surface area contributed by atoms with Crippen LogP contribution in [0.2, 0.25) is 0 Å². The number of H-pyrrole nitrogens is 1. The van der Waals surface area contributed by atoms with Gasteiger partial charge in [0.2, 0.25) is 5.89 Å². The maximum absolute atomic E-state index is 5.91. The highest BCUT2D eigenvalue weighted by Gasteiger charge is 2.30. The number of hydrogen-bond donors (Lipinski definition) is 1. The summed E-state index contributed by atoms with van der Waals surface area (Å²) in [6.07, 6.45) is 6.67. The molecule has 30 heavy (non-hydrogen) atoms. The largest absolute Gasteiger partial charge is 0.376 e. The maximum Gasteiger partial charge on any atom is 0.229 e. The zero-order valence-corrected chi connectivity index (χ0v) is 17.3. The summed E-state index contributed by atoms with van der Waals surface area (Å²) in [5.41, 5.74) is 2.14. The van der Waals surface area contributed by atoms with E-state index in [1.54, 1.807) is 11.8 Å². The first-order valence-electron chi connectivity index (χ1n) is 10.4. The Kier molecular flexibility index (Phi) is 4.57. The van der Waals surface area contributed by atoms with Crippen molar-refractivity contribution in [2.24, 2.45) is 0 Å². The van der Waals surface area contributed by atoms with Crippen LogP contribution in [0.5, 0.6) is 0 Å². The molecule has 154 valence electrons. The lowest BCUT2D eigenvalue weighted by Gasteiger charge is -2.14. The minimum Gasteiger partial charge on any atom is -0.376 e. The lowest BCUT2D eigenvalue weighted by Crippen LogP contribution is -2.16. The van der Waals surface area contributed by atoms with Crippen LogP contribution in [0.3, 0.4) is 0 Å². The van der Waals surface area contributed by atoms with E-state index < -0.39 is 0 Å². The van der Waals surface area contributed by atoms with Gasteiger partial charge in [0.25, 0.3) is 0 Å². The average Bonchev–Trinajstić information content (AvgIpc) is 3.18. The zero-order valence-electron chi connectivity index (χ0n) is 16.5. The number of ether oxygens (including phenoxy) is 1. The van der Waals surface area contributed by atoms with Crippen molar-refractivity contribution in [1.29, 1.82) is 0 Å². The highest BCUT2D eigenvalue weighted by atomic mass is 32.2. The summed E-state index contributed by atoms with van der Waals surface area (Å²) in [6.45, 7) is 1.56. The average molecular weight is 423 g/mol. The summed E-state index contributed by atoms with van der Waals surface area (Å²) in [6, 6.07) is 8.26. The second kappa shape index (κ2) is 7.55.